The molecular formula is C11H12ClNO3. The van der Waals surface area contributed by atoms with Crippen LogP contribution in [-0.2, 0) is 4.79 Å². The lowest BCUT2D eigenvalue weighted by atomic mass is 10.1. The Bertz CT molecular complexity index is 431. The van der Waals surface area contributed by atoms with Crippen LogP contribution < -0.4 is 5.32 Å². The number of rotatable bonds is 3. The first-order valence-electron chi connectivity index (χ1n) is 4.72. The smallest absolute Gasteiger partial charge is 0.325 e. The maximum atomic E-state index is 11.7. The molecule has 5 heteroatoms. The van der Waals surface area contributed by atoms with Gasteiger partial charge in [0.1, 0.15) is 6.04 Å². The summed E-state index contributed by atoms with van der Waals surface area (Å²) in [5.74, 6) is -1.51. The number of carbonyl (C=O) groups excluding carboxylic acids is 1. The van der Waals surface area contributed by atoms with Crippen LogP contribution >= 0.6 is 11.6 Å². The van der Waals surface area contributed by atoms with Gasteiger partial charge in [0.05, 0.1) is 0 Å². The molecular weight excluding hydrogens is 230 g/mol. The van der Waals surface area contributed by atoms with Crippen molar-refractivity contribution in [2.24, 2.45) is 0 Å². The van der Waals surface area contributed by atoms with Crippen molar-refractivity contribution >= 4 is 23.5 Å². The Balaban J connectivity index is 2.89. The Labute approximate surface area is 98.2 Å². The minimum Gasteiger partial charge on any atom is -0.480 e. The third kappa shape index (κ3) is 2.73. The quantitative estimate of drug-likeness (QED) is 0.849. The Hall–Kier alpha value is -1.55. The molecule has 1 rings (SSSR count). The largest absolute Gasteiger partial charge is 0.480 e. The van der Waals surface area contributed by atoms with E-state index in [4.69, 9.17) is 16.7 Å². The number of hydrogen-bond donors (Lipinski definition) is 2. The van der Waals surface area contributed by atoms with Crippen molar-refractivity contribution in [3.63, 3.8) is 0 Å². The minimum atomic E-state index is -1.08. The van der Waals surface area contributed by atoms with E-state index in [1.54, 1.807) is 25.1 Å². The summed E-state index contributed by atoms with van der Waals surface area (Å²) in [7, 11) is 0. The Kier molecular flexibility index (Phi) is 3.90. The van der Waals surface area contributed by atoms with Gasteiger partial charge < -0.3 is 10.4 Å². The van der Waals surface area contributed by atoms with E-state index in [1.807, 2.05) is 0 Å². The molecule has 0 heterocycles. The second-order valence-electron chi connectivity index (χ2n) is 3.45. The van der Waals surface area contributed by atoms with Crippen molar-refractivity contribution in [1.82, 2.24) is 5.32 Å². The molecule has 0 aliphatic carbocycles. The summed E-state index contributed by atoms with van der Waals surface area (Å²) in [5.41, 5.74) is 1.03. The highest BCUT2D eigenvalue weighted by Crippen LogP contribution is 2.18. The van der Waals surface area contributed by atoms with Gasteiger partial charge >= 0.3 is 5.97 Å². The zero-order valence-corrected chi connectivity index (χ0v) is 9.71. The van der Waals surface area contributed by atoms with Crippen molar-refractivity contribution in [3.05, 3.63) is 34.3 Å². The lowest BCUT2D eigenvalue weighted by molar-refractivity contribution is -0.138. The maximum absolute atomic E-state index is 11.7. The molecule has 1 atom stereocenters. The zero-order chi connectivity index (χ0) is 12.3. The summed E-state index contributed by atoms with van der Waals surface area (Å²) in [4.78, 5) is 22.3. The highest BCUT2D eigenvalue weighted by molar-refractivity contribution is 6.31. The van der Waals surface area contributed by atoms with E-state index in [0.29, 0.717) is 16.1 Å². The average Bonchev–Trinajstić information content (AvgIpc) is 2.21. The Morgan fingerprint density at radius 2 is 2.06 bits per heavy atom. The second-order valence-corrected chi connectivity index (χ2v) is 3.85. The fraction of sp³-hybridized carbons (Fsp3) is 0.273. The Morgan fingerprint density at radius 3 is 2.62 bits per heavy atom. The van der Waals surface area contributed by atoms with Gasteiger partial charge in [-0.3, -0.25) is 9.59 Å². The molecule has 0 spiro atoms. The summed E-state index contributed by atoms with van der Waals surface area (Å²) in [6.45, 7) is 3.11. The molecule has 1 aromatic carbocycles. The predicted molar refractivity (Wildman–Crippen MR) is 60.8 cm³/mol. The third-order valence-corrected chi connectivity index (χ3v) is 2.64. The van der Waals surface area contributed by atoms with Gasteiger partial charge in [0.2, 0.25) is 0 Å². The normalized spacial score (nSPS) is 11.9. The maximum Gasteiger partial charge on any atom is 0.325 e. The Morgan fingerprint density at radius 1 is 1.44 bits per heavy atom. The molecule has 4 nitrogen and oxygen atoms in total. The number of aliphatic carboxylic acids is 1. The molecule has 0 aliphatic heterocycles. The standard InChI is InChI=1S/C11H12ClNO3/c1-6-8(4-3-5-9(6)12)10(14)13-7(2)11(15)16/h3-5,7H,1-2H3,(H,13,14)(H,15,16)/t7-/m1/s1. The summed E-state index contributed by atoms with van der Waals surface area (Å²) >= 11 is 5.86. The van der Waals surface area contributed by atoms with Gasteiger partial charge in [-0.2, -0.15) is 0 Å². The number of carboxylic acids is 1. The van der Waals surface area contributed by atoms with E-state index in [0.717, 1.165) is 0 Å². The molecule has 0 bridgehead atoms. The lowest BCUT2D eigenvalue weighted by Crippen LogP contribution is -2.38. The molecule has 86 valence electrons. The van der Waals surface area contributed by atoms with Crippen LogP contribution in [0.3, 0.4) is 0 Å². The molecule has 0 saturated carbocycles. The first-order valence-corrected chi connectivity index (χ1v) is 5.10. The lowest BCUT2D eigenvalue weighted by Gasteiger charge is -2.11. The summed E-state index contributed by atoms with van der Waals surface area (Å²) < 4.78 is 0. The van der Waals surface area contributed by atoms with E-state index >= 15 is 0 Å². The van der Waals surface area contributed by atoms with Crippen LogP contribution in [0.1, 0.15) is 22.8 Å². The predicted octanol–water partition coefficient (Wildman–Crippen LogP) is 1.85. The monoisotopic (exact) mass is 241 g/mol. The molecule has 0 unspecified atom stereocenters. The zero-order valence-electron chi connectivity index (χ0n) is 8.95. The van der Waals surface area contributed by atoms with Crippen LogP contribution in [0.4, 0.5) is 0 Å². The van der Waals surface area contributed by atoms with Crippen LogP contribution in [0, 0.1) is 6.92 Å². The number of nitrogens with one attached hydrogen (secondary N) is 1. The van der Waals surface area contributed by atoms with Gasteiger partial charge in [-0.05, 0) is 31.5 Å². The fourth-order valence-electron chi connectivity index (χ4n) is 1.19. The number of benzene rings is 1. The molecule has 1 amide bonds. The highest BCUT2D eigenvalue weighted by Gasteiger charge is 2.17. The van der Waals surface area contributed by atoms with E-state index < -0.39 is 17.9 Å². The van der Waals surface area contributed by atoms with Gasteiger partial charge in [-0.1, -0.05) is 17.7 Å². The first kappa shape index (κ1) is 12.5. The van der Waals surface area contributed by atoms with Crippen molar-refractivity contribution in [1.29, 1.82) is 0 Å². The van der Waals surface area contributed by atoms with E-state index in [2.05, 4.69) is 5.32 Å². The van der Waals surface area contributed by atoms with E-state index in [-0.39, 0.29) is 0 Å². The number of amides is 1. The first-order chi connectivity index (χ1) is 7.43. The fourth-order valence-corrected chi connectivity index (χ4v) is 1.36. The average molecular weight is 242 g/mol. The van der Waals surface area contributed by atoms with Crippen LogP contribution in [0.15, 0.2) is 18.2 Å². The third-order valence-electron chi connectivity index (χ3n) is 2.23. The summed E-state index contributed by atoms with van der Waals surface area (Å²) in [5, 5.41) is 11.5. The SMILES string of the molecule is Cc1c(Cl)cccc1C(=O)N[C@H](C)C(=O)O. The van der Waals surface area contributed by atoms with Gasteiger partial charge in [-0.25, -0.2) is 0 Å². The molecule has 0 saturated heterocycles. The topological polar surface area (TPSA) is 66.4 Å². The minimum absolute atomic E-state index is 0.389. The van der Waals surface area contributed by atoms with Crippen LogP contribution in [-0.4, -0.2) is 23.0 Å². The molecule has 0 aromatic heterocycles. The second kappa shape index (κ2) is 4.99. The van der Waals surface area contributed by atoms with Crippen molar-refractivity contribution in [3.8, 4) is 0 Å². The van der Waals surface area contributed by atoms with Crippen molar-refractivity contribution in [2.45, 2.75) is 19.9 Å². The van der Waals surface area contributed by atoms with Crippen LogP contribution in [0.25, 0.3) is 0 Å². The molecule has 0 fully saturated rings. The summed E-state index contributed by atoms with van der Waals surface area (Å²) in [6.07, 6.45) is 0. The molecule has 0 radical (unpaired) electrons. The number of carbonyl (C=O) groups is 2. The van der Waals surface area contributed by atoms with Gasteiger partial charge in [0.15, 0.2) is 0 Å². The highest BCUT2D eigenvalue weighted by atomic mass is 35.5. The van der Waals surface area contributed by atoms with Crippen molar-refractivity contribution in [2.75, 3.05) is 0 Å². The number of carboxylic acid groups (broad SMARTS) is 1. The van der Waals surface area contributed by atoms with Crippen molar-refractivity contribution < 1.29 is 14.7 Å². The van der Waals surface area contributed by atoms with E-state index in [1.165, 1.54) is 6.92 Å². The van der Waals surface area contributed by atoms with Gasteiger partial charge in [0, 0.05) is 10.6 Å². The van der Waals surface area contributed by atoms with E-state index in [9.17, 15) is 9.59 Å². The molecule has 16 heavy (non-hydrogen) atoms. The van der Waals surface area contributed by atoms with Gasteiger partial charge in [0.25, 0.3) is 5.91 Å². The molecule has 0 aliphatic rings. The number of hydrogen-bond acceptors (Lipinski definition) is 2. The number of halogens is 1. The van der Waals surface area contributed by atoms with Crippen LogP contribution in [0.2, 0.25) is 5.02 Å². The summed E-state index contributed by atoms with van der Waals surface area (Å²) in [6, 6.07) is 4.00. The molecule has 1 aromatic rings. The molecule has 2 N–H and O–H groups in total. The van der Waals surface area contributed by atoms with Gasteiger partial charge in [-0.15, -0.1) is 0 Å². The van der Waals surface area contributed by atoms with Crippen LogP contribution in [0.5, 0.6) is 0 Å².